The van der Waals surface area contributed by atoms with Gasteiger partial charge in [0.15, 0.2) is 0 Å². The number of hydrogen-bond acceptors (Lipinski definition) is 3. The molecule has 25 heavy (non-hydrogen) atoms. The summed E-state index contributed by atoms with van der Waals surface area (Å²) < 4.78 is 28.3. The number of benzene rings is 2. The number of hydrogen-bond donors (Lipinski definition) is 0. The molecule has 0 spiro atoms. The summed E-state index contributed by atoms with van der Waals surface area (Å²) >= 11 is 0. The summed E-state index contributed by atoms with van der Waals surface area (Å²) in [6, 6.07) is 16.8. The second-order valence-electron chi connectivity index (χ2n) is 6.03. The molecule has 2 aromatic carbocycles. The van der Waals surface area contributed by atoms with E-state index in [4.69, 9.17) is 0 Å². The van der Waals surface area contributed by atoms with Gasteiger partial charge in [-0.3, -0.25) is 4.98 Å². The highest BCUT2D eigenvalue weighted by Crippen LogP contribution is 2.26. The highest BCUT2D eigenvalue weighted by molar-refractivity contribution is 7.89. The van der Waals surface area contributed by atoms with Crippen molar-refractivity contribution in [1.29, 1.82) is 0 Å². The zero-order chi connectivity index (χ0) is 17.7. The van der Waals surface area contributed by atoms with Crippen LogP contribution in [0.4, 0.5) is 0 Å². The van der Waals surface area contributed by atoms with Gasteiger partial charge in [-0.1, -0.05) is 55.8 Å². The van der Waals surface area contributed by atoms with Crippen LogP contribution in [0, 0.1) is 0 Å². The van der Waals surface area contributed by atoms with E-state index in [0.717, 1.165) is 23.8 Å². The fourth-order valence-corrected chi connectivity index (χ4v) is 4.54. The average molecular weight is 354 g/mol. The Morgan fingerprint density at radius 3 is 2.56 bits per heavy atom. The highest BCUT2D eigenvalue weighted by Gasteiger charge is 2.26. The van der Waals surface area contributed by atoms with Crippen LogP contribution in [-0.2, 0) is 16.6 Å². The van der Waals surface area contributed by atoms with E-state index < -0.39 is 10.0 Å². The van der Waals surface area contributed by atoms with Crippen LogP contribution in [0.1, 0.15) is 25.3 Å². The molecule has 0 aliphatic heterocycles. The van der Waals surface area contributed by atoms with Gasteiger partial charge in [0, 0.05) is 36.3 Å². The van der Waals surface area contributed by atoms with Gasteiger partial charge in [-0.2, -0.15) is 4.31 Å². The van der Waals surface area contributed by atoms with Crippen molar-refractivity contribution in [2.75, 3.05) is 6.54 Å². The van der Waals surface area contributed by atoms with E-state index in [9.17, 15) is 8.42 Å². The maximum absolute atomic E-state index is 13.4. The Kier molecular flexibility index (Phi) is 5.46. The topological polar surface area (TPSA) is 50.3 Å². The molecule has 1 aromatic heterocycles. The van der Waals surface area contributed by atoms with Gasteiger partial charge in [0.05, 0.1) is 4.90 Å². The standard InChI is InChI=1S/C20H22N2O2S/c1-2-3-14-22(16-17-8-5-4-6-9-17)25(23,24)20-11-7-10-18-15-21-13-12-19(18)20/h4-13,15H,2-3,14,16H2,1H3. The van der Waals surface area contributed by atoms with E-state index in [2.05, 4.69) is 11.9 Å². The number of fused-ring (bicyclic) bond motifs is 1. The highest BCUT2D eigenvalue weighted by atomic mass is 32.2. The Labute approximate surface area is 149 Å². The van der Waals surface area contributed by atoms with Gasteiger partial charge in [0.2, 0.25) is 10.0 Å². The molecule has 0 saturated heterocycles. The minimum Gasteiger partial charge on any atom is -0.264 e. The lowest BCUT2D eigenvalue weighted by Gasteiger charge is -2.23. The number of unbranched alkanes of at least 4 members (excludes halogenated alkanes) is 1. The van der Waals surface area contributed by atoms with Crippen LogP contribution >= 0.6 is 0 Å². The summed E-state index contributed by atoms with van der Waals surface area (Å²) in [7, 11) is -3.59. The van der Waals surface area contributed by atoms with E-state index in [1.54, 1.807) is 34.9 Å². The third-order valence-corrected chi connectivity index (χ3v) is 6.12. The largest absolute Gasteiger partial charge is 0.264 e. The summed E-state index contributed by atoms with van der Waals surface area (Å²) in [6.45, 7) is 2.96. The molecule has 0 amide bonds. The smallest absolute Gasteiger partial charge is 0.243 e. The van der Waals surface area contributed by atoms with Crippen LogP contribution in [0.15, 0.2) is 71.9 Å². The number of rotatable bonds is 7. The first-order chi connectivity index (χ1) is 12.1. The number of sulfonamides is 1. The average Bonchev–Trinajstić information content (AvgIpc) is 2.65. The van der Waals surface area contributed by atoms with Gasteiger partial charge in [-0.15, -0.1) is 0 Å². The van der Waals surface area contributed by atoms with Crippen molar-refractivity contribution < 1.29 is 8.42 Å². The Morgan fingerprint density at radius 1 is 1.00 bits per heavy atom. The predicted molar refractivity (Wildman–Crippen MR) is 101 cm³/mol. The zero-order valence-electron chi connectivity index (χ0n) is 14.3. The van der Waals surface area contributed by atoms with Gasteiger partial charge in [0.1, 0.15) is 0 Å². The van der Waals surface area contributed by atoms with E-state index in [1.165, 1.54) is 0 Å². The zero-order valence-corrected chi connectivity index (χ0v) is 15.1. The van der Waals surface area contributed by atoms with Crippen molar-refractivity contribution in [2.24, 2.45) is 0 Å². The van der Waals surface area contributed by atoms with Crippen LogP contribution in [0.2, 0.25) is 0 Å². The van der Waals surface area contributed by atoms with Gasteiger partial charge in [-0.25, -0.2) is 8.42 Å². The fraction of sp³-hybridized carbons (Fsp3) is 0.250. The molecule has 3 rings (SSSR count). The van der Waals surface area contributed by atoms with Gasteiger partial charge < -0.3 is 0 Å². The van der Waals surface area contributed by atoms with Gasteiger partial charge >= 0.3 is 0 Å². The molecule has 0 aliphatic rings. The molecule has 0 radical (unpaired) electrons. The molecule has 130 valence electrons. The molecular weight excluding hydrogens is 332 g/mol. The van der Waals surface area contributed by atoms with Crippen molar-refractivity contribution in [3.8, 4) is 0 Å². The van der Waals surface area contributed by atoms with Crippen molar-refractivity contribution in [3.63, 3.8) is 0 Å². The number of aromatic nitrogens is 1. The maximum atomic E-state index is 13.4. The molecule has 0 atom stereocenters. The lowest BCUT2D eigenvalue weighted by Crippen LogP contribution is -2.31. The first kappa shape index (κ1) is 17.6. The van der Waals surface area contributed by atoms with Crippen LogP contribution in [-0.4, -0.2) is 24.3 Å². The minimum absolute atomic E-state index is 0.347. The summed E-state index contributed by atoms with van der Waals surface area (Å²) in [6.07, 6.45) is 5.11. The summed E-state index contributed by atoms with van der Waals surface area (Å²) in [5.41, 5.74) is 0.990. The Hall–Kier alpha value is -2.24. The minimum atomic E-state index is -3.59. The third-order valence-electron chi connectivity index (χ3n) is 4.22. The molecule has 0 fully saturated rings. The number of pyridine rings is 1. The lowest BCUT2D eigenvalue weighted by molar-refractivity contribution is 0.398. The first-order valence-electron chi connectivity index (χ1n) is 8.49. The van der Waals surface area contributed by atoms with Crippen LogP contribution in [0.25, 0.3) is 10.8 Å². The van der Waals surface area contributed by atoms with Crippen LogP contribution < -0.4 is 0 Å². The molecular formula is C20H22N2O2S. The monoisotopic (exact) mass is 354 g/mol. The molecule has 5 heteroatoms. The summed E-state index contributed by atoms with van der Waals surface area (Å²) in [4.78, 5) is 4.44. The van der Waals surface area contributed by atoms with Crippen LogP contribution in [0.5, 0.6) is 0 Å². The van der Waals surface area contributed by atoms with Crippen molar-refractivity contribution in [3.05, 3.63) is 72.6 Å². The maximum Gasteiger partial charge on any atom is 0.243 e. The van der Waals surface area contributed by atoms with Crippen LogP contribution in [0.3, 0.4) is 0 Å². The molecule has 4 nitrogen and oxygen atoms in total. The molecule has 0 aliphatic carbocycles. The Bertz CT molecular complexity index is 935. The third kappa shape index (κ3) is 3.89. The van der Waals surface area contributed by atoms with Gasteiger partial charge in [-0.05, 0) is 24.1 Å². The Morgan fingerprint density at radius 2 is 1.80 bits per heavy atom. The fourth-order valence-electron chi connectivity index (χ4n) is 2.86. The van der Waals surface area contributed by atoms with Gasteiger partial charge in [0.25, 0.3) is 0 Å². The molecule has 1 heterocycles. The molecule has 0 bridgehead atoms. The normalized spacial score (nSPS) is 11.9. The van der Waals surface area contributed by atoms with E-state index in [1.807, 2.05) is 36.4 Å². The van der Waals surface area contributed by atoms with E-state index in [-0.39, 0.29) is 0 Å². The molecule has 0 saturated carbocycles. The predicted octanol–water partition coefficient (Wildman–Crippen LogP) is 4.23. The van der Waals surface area contributed by atoms with Crippen molar-refractivity contribution in [2.45, 2.75) is 31.2 Å². The first-order valence-corrected chi connectivity index (χ1v) is 9.93. The van der Waals surface area contributed by atoms with Crippen molar-refractivity contribution in [1.82, 2.24) is 9.29 Å². The quantitative estimate of drug-likeness (QED) is 0.638. The summed E-state index contributed by atoms with van der Waals surface area (Å²) in [5, 5.41) is 1.55. The second kappa shape index (κ2) is 7.76. The second-order valence-corrected chi connectivity index (χ2v) is 7.94. The van der Waals surface area contributed by atoms with E-state index in [0.29, 0.717) is 23.4 Å². The Balaban J connectivity index is 2.03. The van der Waals surface area contributed by atoms with E-state index >= 15 is 0 Å². The molecule has 0 unspecified atom stereocenters. The number of nitrogens with zero attached hydrogens (tertiary/aromatic N) is 2. The lowest BCUT2D eigenvalue weighted by atomic mass is 10.2. The SMILES string of the molecule is CCCCN(Cc1ccccc1)S(=O)(=O)c1cccc2cnccc12. The summed E-state index contributed by atoms with van der Waals surface area (Å²) in [5.74, 6) is 0. The molecule has 0 N–H and O–H groups in total. The van der Waals surface area contributed by atoms with Crippen molar-refractivity contribution >= 4 is 20.8 Å². The molecule has 3 aromatic rings.